The van der Waals surface area contributed by atoms with Crippen LogP contribution in [0.2, 0.25) is 5.02 Å². The molecule has 2 aliphatic heterocycles. The van der Waals surface area contributed by atoms with Crippen molar-refractivity contribution in [3.63, 3.8) is 0 Å². The van der Waals surface area contributed by atoms with Gasteiger partial charge in [0, 0.05) is 34.8 Å². The van der Waals surface area contributed by atoms with Crippen LogP contribution in [0.5, 0.6) is 23.0 Å². The van der Waals surface area contributed by atoms with E-state index in [1.165, 1.54) is 20.4 Å². The van der Waals surface area contributed by atoms with Gasteiger partial charge in [0.05, 0.1) is 25.6 Å². The smallest absolute Gasteiger partial charge is 0.339 e. The third-order valence-corrected chi connectivity index (χ3v) is 5.97. The highest BCUT2D eigenvalue weighted by molar-refractivity contribution is 6.30. The van der Waals surface area contributed by atoms with E-state index in [1.54, 1.807) is 28.8 Å². The van der Waals surface area contributed by atoms with Crippen molar-refractivity contribution in [2.75, 3.05) is 26.3 Å². The molecule has 0 saturated heterocycles. The van der Waals surface area contributed by atoms with E-state index >= 15 is 0 Å². The second kappa shape index (κ2) is 7.93. The second-order valence-corrected chi connectivity index (χ2v) is 7.97. The van der Waals surface area contributed by atoms with Crippen LogP contribution in [0.1, 0.15) is 34.0 Å². The quantitative estimate of drug-likeness (QED) is 0.579. The van der Waals surface area contributed by atoms with E-state index in [1.807, 2.05) is 6.07 Å². The first-order chi connectivity index (χ1) is 15.9. The molecule has 1 aromatic heterocycles. The highest BCUT2D eigenvalue weighted by Crippen LogP contribution is 2.54. The van der Waals surface area contributed by atoms with Gasteiger partial charge in [0.1, 0.15) is 5.56 Å². The van der Waals surface area contributed by atoms with Gasteiger partial charge >= 0.3 is 5.97 Å². The summed E-state index contributed by atoms with van der Waals surface area (Å²) in [5.41, 5.74) is 2.03. The molecule has 3 aromatic rings. The third-order valence-electron chi connectivity index (χ3n) is 5.74. The van der Waals surface area contributed by atoms with E-state index in [0.29, 0.717) is 45.0 Å². The molecule has 10 heteroatoms. The fraction of sp³-hybridized carbons (Fsp3) is 0.217. The van der Waals surface area contributed by atoms with Crippen molar-refractivity contribution >= 4 is 29.2 Å². The highest BCUT2D eigenvalue weighted by atomic mass is 35.5. The Kier molecular flexibility index (Phi) is 5.05. The Balaban J connectivity index is 1.80. The number of hydrogen-bond acceptors (Lipinski definition) is 6. The number of rotatable bonds is 5. The van der Waals surface area contributed by atoms with E-state index in [2.05, 4.69) is 5.32 Å². The zero-order valence-electron chi connectivity index (χ0n) is 17.7. The molecule has 0 fully saturated rings. The number of methoxy groups -OCH3 is 2. The number of halogens is 1. The van der Waals surface area contributed by atoms with Gasteiger partial charge in [-0.3, -0.25) is 4.79 Å². The van der Waals surface area contributed by atoms with Gasteiger partial charge in [0.15, 0.2) is 11.5 Å². The number of aromatic nitrogens is 1. The maximum Gasteiger partial charge on any atom is 0.339 e. The molecule has 2 N–H and O–H groups in total. The maximum absolute atomic E-state index is 12.7. The SMILES string of the molecule is COc1cc([C@H]2CC(=O)Nc3c(C(=O)O)cn(-c4cccc(Cl)c4)c32)c(OC)c2c1OCO2. The van der Waals surface area contributed by atoms with Crippen LogP contribution in [-0.2, 0) is 4.79 Å². The molecule has 0 bridgehead atoms. The van der Waals surface area contributed by atoms with Gasteiger partial charge in [0.25, 0.3) is 0 Å². The topological polar surface area (TPSA) is 108 Å². The van der Waals surface area contributed by atoms with Crippen molar-refractivity contribution in [1.29, 1.82) is 0 Å². The molecular weight excluding hydrogens is 452 g/mol. The number of aromatic carboxylic acids is 1. The lowest BCUT2D eigenvalue weighted by Crippen LogP contribution is -2.26. The molecule has 33 heavy (non-hydrogen) atoms. The largest absolute Gasteiger partial charge is 0.493 e. The predicted molar refractivity (Wildman–Crippen MR) is 118 cm³/mol. The summed E-state index contributed by atoms with van der Waals surface area (Å²) in [4.78, 5) is 24.7. The summed E-state index contributed by atoms with van der Waals surface area (Å²) >= 11 is 6.21. The Morgan fingerprint density at radius 3 is 2.70 bits per heavy atom. The fourth-order valence-corrected chi connectivity index (χ4v) is 4.57. The number of hydrogen-bond donors (Lipinski definition) is 2. The Morgan fingerprint density at radius 1 is 1.21 bits per heavy atom. The molecule has 2 aromatic carbocycles. The average molecular weight is 471 g/mol. The standard InChI is InChI=1S/C23H19ClN2O7/c1-30-16-7-14(20(31-2)22-21(16)32-10-33-22)13-8-17(27)25-18-15(23(28)29)9-26(19(13)18)12-5-3-4-11(24)6-12/h3-7,9,13H,8,10H2,1-2H3,(H,25,27)(H,28,29)/t13-/m1/s1. The number of fused-ring (bicyclic) bond motifs is 2. The summed E-state index contributed by atoms with van der Waals surface area (Å²) in [5, 5.41) is 13.1. The minimum atomic E-state index is -1.16. The van der Waals surface area contributed by atoms with Crippen molar-refractivity contribution in [2.45, 2.75) is 12.3 Å². The van der Waals surface area contributed by atoms with Gasteiger partial charge in [-0.25, -0.2) is 4.79 Å². The monoisotopic (exact) mass is 470 g/mol. The molecule has 0 unspecified atom stereocenters. The minimum absolute atomic E-state index is 0.00393. The lowest BCUT2D eigenvalue weighted by molar-refractivity contribution is -0.116. The van der Waals surface area contributed by atoms with Crippen LogP contribution < -0.4 is 24.3 Å². The third kappa shape index (κ3) is 3.32. The van der Waals surface area contributed by atoms with Gasteiger partial charge in [-0.2, -0.15) is 0 Å². The summed E-state index contributed by atoms with van der Waals surface area (Å²) in [6.45, 7) is 0.00393. The molecule has 0 saturated carbocycles. The van der Waals surface area contributed by atoms with E-state index in [4.69, 9.17) is 30.5 Å². The van der Waals surface area contributed by atoms with Gasteiger partial charge in [0.2, 0.25) is 24.2 Å². The number of nitrogens with zero attached hydrogens (tertiary/aromatic N) is 1. The van der Waals surface area contributed by atoms with E-state index in [-0.39, 0.29) is 30.4 Å². The molecular formula is C23H19ClN2O7. The molecule has 0 spiro atoms. The molecule has 3 heterocycles. The minimum Gasteiger partial charge on any atom is -0.493 e. The van der Waals surface area contributed by atoms with E-state index in [0.717, 1.165) is 0 Å². The first kappa shape index (κ1) is 21.0. The van der Waals surface area contributed by atoms with Crippen molar-refractivity contribution in [1.82, 2.24) is 4.57 Å². The van der Waals surface area contributed by atoms with E-state index in [9.17, 15) is 14.7 Å². The van der Waals surface area contributed by atoms with Crippen LogP contribution in [0.4, 0.5) is 5.69 Å². The molecule has 1 atom stereocenters. The summed E-state index contributed by atoms with van der Waals surface area (Å²) in [6.07, 6.45) is 1.53. The van der Waals surface area contributed by atoms with Crippen LogP contribution in [0.25, 0.3) is 5.69 Å². The molecule has 170 valence electrons. The second-order valence-electron chi connectivity index (χ2n) is 7.53. The maximum atomic E-state index is 12.7. The van der Waals surface area contributed by atoms with Crippen molar-refractivity contribution in [3.8, 4) is 28.7 Å². The van der Waals surface area contributed by atoms with Crippen LogP contribution in [0.3, 0.4) is 0 Å². The van der Waals surface area contributed by atoms with Gasteiger partial charge in [-0.1, -0.05) is 17.7 Å². The van der Waals surface area contributed by atoms with E-state index < -0.39 is 11.9 Å². The van der Waals surface area contributed by atoms with Crippen LogP contribution in [0, 0.1) is 0 Å². The Hall–Kier alpha value is -3.85. The summed E-state index contributed by atoms with van der Waals surface area (Å²) in [7, 11) is 3.00. The first-order valence-corrected chi connectivity index (χ1v) is 10.4. The number of anilines is 1. The molecule has 0 aliphatic carbocycles. The van der Waals surface area contributed by atoms with Crippen LogP contribution in [0.15, 0.2) is 36.5 Å². The Bertz CT molecular complexity index is 1300. The Labute approximate surface area is 193 Å². The Morgan fingerprint density at radius 2 is 2.00 bits per heavy atom. The molecule has 2 aliphatic rings. The molecule has 9 nitrogen and oxygen atoms in total. The molecule has 5 rings (SSSR count). The van der Waals surface area contributed by atoms with Crippen molar-refractivity contribution in [3.05, 3.63) is 58.4 Å². The predicted octanol–water partition coefficient (Wildman–Crippen LogP) is 4.05. The summed E-state index contributed by atoms with van der Waals surface area (Å²) in [5.74, 6) is -0.455. The van der Waals surface area contributed by atoms with Crippen molar-refractivity contribution in [2.24, 2.45) is 0 Å². The number of benzene rings is 2. The lowest BCUT2D eigenvalue weighted by atomic mass is 9.87. The van der Waals surface area contributed by atoms with Crippen LogP contribution in [-0.4, -0.2) is 42.6 Å². The fourth-order valence-electron chi connectivity index (χ4n) is 4.38. The van der Waals surface area contributed by atoms with Gasteiger partial charge in [-0.15, -0.1) is 0 Å². The zero-order chi connectivity index (χ0) is 23.3. The van der Waals surface area contributed by atoms with Crippen LogP contribution >= 0.6 is 11.6 Å². The number of ether oxygens (including phenoxy) is 4. The highest BCUT2D eigenvalue weighted by Gasteiger charge is 2.38. The number of carbonyl (C=O) groups excluding carboxylic acids is 1. The molecule has 1 amide bonds. The first-order valence-electron chi connectivity index (χ1n) is 10.0. The van der Waals surface area contributed by atoms with Crippen molar-refractivity contribution < 1.29 is 33.6 Å². The normalized spacial score (nSPS) is 16.2. The average Bonchev–Trinajstić information content (AvgIpc) is 3.43. The zero-order valence-corrected chi connectivity index (χ0v) is 18.4. The summed E-state index contributed by atoms with van der Waals surface area (Å²) in [6, 6.07) is 8.76. The van der Waals surface area contributed by atoms with Gasteiger partial charge < -0.3 is 33.9 Å². The lowest BCUT2D eigenvalue weighted by Gasteiger charge is -2.28. The number of carboxylic acids is 1. The number of amides is 1. The number of carbonyl (C=O) groups is 2. The molecule has 0 radical (unpaired) electrons. The summed E-state index contributed by atoms with van der Waals surface area (Å²) < 4.78 is 24.1. The number of carboxylic acid groups (broad SMARTS) is 1. The van der Waals surface area contributed by atoms with Gasteiger partial charge in [-0.05, 0) is 24.3 Å². The number of nitrogens with one attached hydrogen (secondary N) is 1.